The molecule has 0 aliphatic heterocycles. The first-order valence-electron chi connectivity index (χ1n) is 6.78. The molecular weight excluding hydrogens is 275 g/mol. The zero-order chi connectivity index (χ0) is 16.2. The number of esters is 1. The Bertz CT molecular complexity index is 549. The molecule has 0 radical (unpaired) electrons. The molecule has 116 valence electrons. The van der Waals surface area contributed by atoms with Crippen molar-refractivity contribution in [2.75, 3.05) is 13.7 Å². The molecule has 0 N–H and O–H groups in total. The predicted molar refractivity (Wildman–Crippen MR) is 77.0 cm³/mol. The summed E-state index contributed by atoms with van der Waals surface area (Å²) in [6.07, 6.45) is -0.0787. The van der Waals surface area contributed by atoms with E-state index < -0.39 is 23.0 Å². The van der Waals surface area contributed by atoms with Crippen LogP contribution in [0.4, 0.5) is 4.39 Å². The molecule has 0 heterocycles. The molecular formula is C16H21FO4. The lowest BCUT2D eigenvalue weighted by molar-refractivity contribution is -0.154. The Labute approximate surface area is 124 Å². The molecule has 0 amide bonds. The minimum atomic E-state index is -0.864. The summed E-state index contributed by atoms with van der Waals surface area (Å²) in [7, 11) is 1.38. The van der Waals surface area contributed by atoms with E-state index in [0.717, 1.165) is 0 Å². The fraction of sp³-hybridized carbons (Fsp3) is 0.500. The molecule has 0 saturated carbocycles. The second kappa shape index (κ2) is 6.70. The van der Waals surface area contributed by atoms with Crippen molar-refractivity contribution in [3.8, 4) is 5.75 Å². The molecule has 0 aromatic heterocycles. The Hall–Kier alpha value is -1.91. The van der Waals surface area contributed by atoms with Gasteiger partial charge in [0, 0.05) is 17.4 Å². The molecule has 0 unspecified atom stereocenters. The van der Waals surface area contributed by atoms with Crippen LogP contribution in [0.2, 0.25) is 0 Å². The van der Waals surface area contributed by atoms with Gasteiger partial charge in [0.25, 0.3) is 0 Å². The lowest BCUT2D eigenvalue weighted by atomic mass is 9.79. The SMILES string of the molecule is CCOC(=O)C(=O)CC(C)(C)c1ccc(C)c(F)c1OC. The Morgan fingerprint density at radius 1 is 1.29 bits per heavy atom. The van der Waals surface area contributed by atoms with Gasteiger partial charge in [-0.25, -0.2) is 9.18 Å². The number of methoxy groups -OCH3 is 1. The van der Waals surface area contributed by atoms with Gasteiger partial charge in [-0.15, -0.1) is 0 Å². The maximum atomic E-state index is 14.1. The molecule has 0 bridgehead atoms. The number of ether oxygens (including phenoxy) is 2. The minimum absolute atomic E-state index is 0.0787. The van der Waals surface area contributed by atoms with E-state index in [1.807, 2.05) is 0 Å². The van der Waals surface area contributed by atoms with Crippen LogP contribution in [0.1, 0.15) is 38.3 Å². The number of rotatable bonds is 6. The van der Waals surface area contributed by atoms with Gasteiger partial charge >= 0.3 is 5.97 Å². The molecule has 0 spiro atoms. The van der Waals surface area contributed by atoms with Crippen molar-refractivity contribution in [2.24, 2.45) is 0 Å². The number of carbonyl (C=O) groups excluding carboxylic acids is 2. The van der Waals surface area contributed by atoms with Crippen molar-refractivity contribution in [1.29, 1.82) is 0 Å². The van der Waals surface area contributed by atoms with Crippen molar-refractivity contribution in [3.05, 3.63) is 29.1 Å². The Morgan fingerprint density at radius 3 is 2.43 bits per heavy atom. The average molecular weight is 296 g/mol. The first-order chi connectivity index (χ1) is 9.74. The zero-order valence-corrected chi connectivity index (χ0v) is 13.1. The largest absolute Gasteiger partial charge is 0.493 e. The highest BCUT2D eigenvalue weighted by Crippen LogP contribution is 2.37. The molecule has 21 heavy (non-hydrogen) atoms. The third kappa shape index (κ3) is 3.80. The van der Waals surface area contributed by atoms with E-state index in [0.29, 0.717) is 11.1 Å². The average Bonchev–Trinajstić information content (AvgIpc) is 2.41. The highest BCUT2D eigenvalue weighted by molar-refractivity contribution is 6.33. The predicted octanol–water partition coefficient (Wildman–Crippen LogP) is 2.94. The number of carbonyl (C=O) groups is 2. The quantitative estimate of drug-likeness (QED) is 0.598. The number of benzene rings is 1. The first-order valence-corrected chi connectivity index (χ1v) is 6.78. The third-order valence-corrected chi connectivity index (χ3v) is 3.33. The maximum Gasteiger partial charge on any atom is 0.374 e. The summed E-state index contributed by atoms with van der Waals surface area (Å²) in [5.41, 5.74) is 0.262. The number of Topliss-reactive ketones (excluding diaryl/α,β-unsaturated/α-hetero) is 1. The molecule has 0 aliphatic carbocycles. The summed E-state index contributed by atoms with van der Waals surface area (Å²) in [4.78, 5) is 23.3. The van der Waals surface area contributed by atoms with Crippen LogP contribution in [-0.2, 0) is 19.7 Å². The molecule has 4 nitrogen and oxygen atoms in total. The number of aryl methyl sites for hydroxylation is 1. The van der Waals surface area contributed by atoms with Crippen molar-refractivity contribution in [1.82, 2.24) is 0 Å². The van der Waals surface area contributed by atoms with Crippen LogP contribution in [0.25, 0.3) is 0 Å². The summed E-state index contributed by atoms with van der Waals surface area (Å²) >= 11 is 0. The maximum absolute atomic E-state index is 14.1. The van der Waals surface area contributed by atoms with E-state index in [2.05, 4.69) is 0 Å². The van der Waals surface area contributed by atoms with E-state index >= 15 is 0 Å². The van der Waals surface area contributed by atoms with Crippen molar-refractivity contribution in [2.45, 2.75) is 39.5 Å². The van der Waals surface area contributed by atoms with E-state index in [9.17, 15) is 14.0 Å². The van der Waals surface area contributed by atoms with E-state index in [4.69, 9.17) is 9.47 Å². The summed E-state index contributed by atoms with van der Waals surface area (Å²) in [5, 5.41) is 0. The monoisotopic (exact) mass is 296 g/mol. The summed E-state index contributed by atoms with van der Waals surface area (Å²) in [5.74, 6) is -1.84. The normalized spacial score (nSPS) is 11.1. The molecule has 0 saturated heterocycles. The topological polar surface area (TPSA) is 52.6 Å². The van der Waals surface area contributed by atoms with Crippen molar-refractivity contribution >= 4 is 11.8 Å². The lowest BCUT2D eigenvalue weighted by Gasteiger charge is -2.26. The molecule has 1 aromatic rings. The van der Waals surface area contributed by atoms with E-state index in [1.54, 1.807) is 39.8 Å². The van der Waals surface area contributed by atoms with Gasteiger partial charge in [0.05, 0.1) is 13.7 Å². The number of halogens is 1. The molecule has 5 heteroatoms. The zero-order valence-electron chi connectivity index (χ0n) is 13.1. The second-order valence-corrected chi connectivity index (χ2v) is 5.48. The Balaban J connectivity index is 3.11. The number of hydrogen-bond donors (Lipinski definition) is 0. The highest BCUT2D eigenvalue weighted by Gasteiger charge is 2.32. The van der Waals surface area contributed by atoms with Gasteiger partial charge in [-0.05, 0) is 19.4 Å². The second-order valence-electron chi connectivity index (χ2n) is 5.48. The molecule has 1 rings (SSSR count). The Morgan fingerprint density at radius 2 is 1.90 bits per heavy atom. The van der Waals surface area contributed by atoms with Gasteiger partial charge in [0.2, 0.25) is 5.78 Å². The van der Waals surface area contributed by atoms with Crippen LogP contribution in [0.15, 0.2) is 12.1 Å². The van der Waals surface area contributed by atoms with Crippen LogP contribution in [0.3, 0.4) is 0 Å². The number of hydrogen-bond acceptors (Lipinski definition) is 4. The fourth-order valence-corrected chi connectivity index (χ4v) is 2.17. The van der Waals surface area contributed by atoms with E-state index in [1.165, 1.54) is 7.11 Å². The fourth-order valence-electron chi connectivity index (χ4n) is 2.17. The van der Waals surface area contributed by atoms with Crippen LogP contribution >= 0.6 is 0 Å². The van der Waals surface area contributed by atoms with Crippen molar-refractivity contribution in [3.63, 3.8) is 0 Å². The Kier molecular flexibility index (Phi) is 5.47. The van der Waals surface area contributed by atoms with Gasteiger partial charge in [-0.3, -0.25) is 4.79 Å². The van der Waals surface area contributed by atoms with Gasteiger partial charge in [-0.1, -0.05) is 26.0 Å². The lowest BCUT2D eigenvalue weighted by Crippen LogP contribution is -2.28. The standard InChI is InChI=1S/C16H21FO4/c1-6-21-15(19)12(18)9-16(3,4)11-8-7-10(2)13(17)14(11)20-5/h7-8H,6,9H2,1-5H3. The van der Waals surface area contributed by atoms with E-state index in [-0.39, 0.29) is 18.8 Å². The van der Waals surface area contributed by atoms with Gasteiger partial charge in [0.1, 0.15) is 0 Å². The van der Waals surface area contributed by atoms with Gasteiger partial charge in [0.15, 0.2) is 11.6 Å². The summed E-state index contributed by atoms with van der Waals surface area (Å²) in [6, 6.07) is 3.35. The smallest absolute Gasteiger partial charge is 0.374 e. The third-order valence-electron chi connectivity index (χ3n) is 3.33. The molecule has 1 aromatic carbocycles. The molecule has 0 aliphatic rings. The van der Waals surface area contributed by atoms with Gasteiger partial charge < -0.3 is 9.47 Å². The first kappa shape index (κ1) is 17.1. The van der Waals surface area contributed by atoms with Crippen LogP contribution < -0.4 is 4.74 Å². The van der Waals surface area contributed by atoms with Crippen LogP contribution in [-0.4, -0.2) is 25.5 Å². The summed E-state index contributed by atoms with van der Waals surface area (Å²) < 4.78 is 23.9. The number of ketones is 1. The summed E-state index contributed by atoms with van der Waals surface area (Å²) in [6.45, 7) is 6.94. The minimum Gasteiger partial charge on any atom is -0.493 e. The highest BCUT2D eigenvalue weighted by atomic mass is 19.1. The van der Waals surface area contributed by atoms with Gasteiger partial charge in [-0.2, -0.15) is 0 Å². The molecule has 0 atom stereocenters. The van der Waals surface area contributed by atoms with Crippen molar-refractivity contribution < 1.29 is 23.5 Å². The molecule has 0 fully saturated rings. The van der Waals surface area contributed by atoms with Crippen LogP contribution in [0, 0.1) is 12.7 Å². The van der Waals surface area contributed by atoms with Crippen LogP contribution in [0.5, 0.6) is 5.75 Å².